The molecule has 0 N–H and O–H groups in total. The molecule has 0 aliphatic rings. The van der Waals surface area contributed by atoms with Gasteiger partial charge in [0.25, 0.3) is 0 Å². The number of hydrogen-bond donors (Lipinski definition) is 0. The maximum Gasteiger partial charge on any atom is 0.144 e. The first-order valence-corrected chi connectivity index (χ1v) is 5.83. The number of aromatic nitrogens is 2. The van der Waals surface area contributed by atoms with E-state index in [0.717, 1.165) is 29.1 Å². The molecule has 0 atom stereocenters. The first kappa shape index (κ1) is 12.4. The average Bonchev–Trinajstić information content (AvgIpc) is 2.77. The van der Waals surface area contributed by atoms with Crippen LogP contribution in [0.5, 0.6) is 5.75 Å². The molecular formula is C14H17N3O. The van der Waals surface area contributed by atoms with Crippen molar-refractivity contribution < 1.29 is 4.74 Å². The van der Waals surface area contributed by atoms with Crippen LogP contribution in [0.2, 0.25) is 0 Å². The van der Waals surface area contributed by atoms with E-state index in [0.29, 0.717) is 0 Å². The number of imidazole rings is 1. The zero-order valence-corrected chi connectivity index (χ0v) is 10.9. The summed E-state index contributed by atoms with van der Waals surface area (Å²) < 4.78 is 7.23. The molecule has 4 nitrogen and oxygen atoms in total. The number of rotatable bonds is 4. The van der Waals surface area contributed by atoms with Crippen LogP contribution in [0, 0.1) is 6.92 Å². The Morgan fingerprint density at radius 2 is 2.28 bits per heavy atom. The fraction of sp³-hybridized carbons (Fsp3) is 0.286. The highest BCUT2D eigenvalue weighted by Crippen LogP contribution is 2.27. The summed E-state index contributed by atoms with van der Waals surface area (Å²) in [4.78, 5) is 8.67. The summed E-state index contributed by atoms with van der Waals surface area (Å²) in [5.74, 6) is 0.798. The van der Waals surface area contributed by atoms with Gasteiger partial charge in [-0.2, -0.15) is 0 Å². The Morgan fingerprint density at radius 1 is 1.44 bits per heavy atom. The Hall–Kier alpha value is -2.10. The van der Waals surface area contributed by atoms with E-state index in [1.807, 2.05) is 49.1 Å². The molecule has 0 aliphatic carbocycles. The second kappa shape index (κ2) is 5.49. The predicted molar refractivity (Wildman–Crippen MR) is 72.8 cm³/mol. The van der Waals surface area contributed by atoms with Gasteiger partial charge in [-0.3, -0.25) is 4.99 Å². The predicted octanol–water partition coefficient (Wildman–Crippen LogP) is 2.68. The summed E-state index contributed by atoms with van der Waals surface area (Å²) in [7, 11) is 3.61. The van der Waals surface area contributed by atoms with Gasteiger partial charge in [-0.15, -0.1) is 0 Å². The van der Waals surface area contributed by atoms with Crippen LogP contribution in [-0.2, 0) is 13.5 Å². The van der Waals surface area contributed by atoms with Crippen molar-refractivity contribution in [1.82, 2.24) is 9.55 Å². The van der Waals surface area contributed by atoms with Crippen molar-refractivity contribution in [3.63, 3.8) is 0 Å². The van der Waals surface area contributed by atoms with E-state index >= 15 is 0 Å². The summed E-state index contributed by atoms with van der Waals surface area (Å²) in [6, 6.07) is 5.96. The van der Waals surface area contributed by atoms with Crippen molar-refractivity contribution in [2.24, 2.45) is 12.0 Å². The lowest BCUT2D eigenvalue weighted by molar-refractivity contribution is 0.416. The molecule has 0 spiro atoms. The Labute approximate surface area is 107 Å². The van der Waals surface area contributed by atoms with Gasteiger partial charge in [-0.25, -0.2) is 4.98 Å². The summed E-state index contributed by atoms with van der Waals surface area (Å²) >= 11 is 0. The molecule has 0 bridgehead atoms. The van der Waals surface area contributed by atoms with Crippen LogP contribution < -0.4 is 4.74 Å². The Morgan fingerprint density at radius 3 is 2.94 bits per heavy atom. The number of aliphatic imine (C=N–C) groups is 1. The highest BCUT2D eigenvalue weighted by atomic mass is 16.5. The smallest absolute Gasteiger partial charge is 0.144 e. The summed E-state index contributed by atoms with van der Waals surface area (Å²) in [5, 5.41) is 0. The molecule has 0 fully saturated rings. The molecule has 0 saturated heterocycles. The topological polar surface area (TPSA) is 39.4 Å². The Balaban J connectivity index is 2.09. The van der Waals surface area contributed by atoms with Gasteiger partial charge in [0.05, 0.1) is 19.1 Å². The number of nitrogens with zero attached hydrogens (tertiary/aromatic N) is 3. The zero-order chi connectivity index (χ0) is 13.0. The minimum absolute atomic E-state index is 0.720. The molecule has 94 valence electrons. The first-order valence-electron chi connectivity index (χ1n) is 5.83. The number of ether oxygens (including phenoxy) is 1. The molecule has 2 aromatic rings. The molecule has 0 aliphatic heterocycles. The normalized spacial score (nSPS) is 11.1. The van der Waals surface area contributed by atoms with Crippen molar-refractivity contribution >= 4 is 11.9 Å². The Bertz CT molecular complexity index is 558. The van der Waals surface area contributed by atoms with Crippen LogP contribution >= 0.6 is 0 Å². The van der Waals surface area contributed by atoms with E-state index < -0.39 is 0 Å². The summed E-state index contributed by atoms with van der Waals surface area (Å²) in [6.45, 7) is 2.03. The molecule has 18 heavy (non-hydrogen) atoms. The van der Waals surface area contributed by atoms with Crippen LogP contribution in [0.3, 0.4) is 0 Å². The molecule has 0 unspecified atom stereocenters. The van der Waals surface area contributed by atoms with Crippen molar-refractivity contribution in [2.75, 3.05) is 7.11 Å². The number of aryl methyl sites for hydroxylation is 2. The van der Waals surface area contributed by atoms with Gasteiger partial charge in [0, 0.05) is 25.9 Å². The molecule has 1 heterocycles. The monoisotopic (exact) mass is 243 g/mol. The van der Waals surface area contributed by atoms with E-state index in [2.05, 4.69) is 9.98 Å². The van der Waals surface area contributed by atoms with Gasteiger partial charge in [0.15, 0.2) is 0 Å². The standard InChI is InChI=1S/C14H17N3O/c1-11-4-5-13(14(8-11)18-3)15-7-6-12-9-17(2)10-16-12/h4-5,7-10H,6H2,1-3H3. The number of benzene rings is 1. The highest BCUT2D eigenvalue weighted by Gasteiger charge is 2.00. The number of methoxy groups -OCH3 is 1. The van der Waals surface area contributed by atoms with Crippen molar-refractivity contribution in [2.45, 2.75) is 13.3 Å². The fourth-order valence-corrected chi connectivity index (χ4v) is 1.70. The van der Waals surface area contributed by atoms with Crippen LogP contribution in [0.4, 0.5) is 5.69 Å². The molecular weight excluding hydrogens is 226 g/mol. The third kappa shape index (κ3) is 2.97. The van der Waals surface area contributed by atoms with Crippen molar-refractivity contribution in [3.05, 3.63) is 42.0 Å². The summed E-state index contributed by atoms with van der Waals surface area (Å²) in [5.41, 5.74) is 3.02. The Kier molecular flexibility index (Phi) is 3.77. The first-order chi connectivity index (χ1) is 8.69. The van der Waals surface area contributed by atoms with E-state index in [-0.39, 0.29) is 0 Å². The van der Waals surface area contributed by atoms with E-state index in [1.54, 1.807) is 13.4 Å². The van der Waals surface area contributed by atoms with Crippen LogP contribution in [0.1, 0.15) is 11.3 Å². The maximum absolute atomic E-state index is 5.30. The third-order valence-electron chi connectivity index (χ3n) is 2.62. The van der Waals surface area contributed by atoms with Crippen molar-refractivity contribution in [3.8, 4) is 5.75 Å². The molecule has 1 aromatic heterocycles. The maximum atomic E-state index is 5.30. The van der Waals surface area contributed by atoms with Crippen molar-refractivity contribution in [1.29, 1.82) is 0 Å². The van der Waals surface area contributed by atoms with Gasteiger partial charge >= 0.3 is 0 Å². The van der Waals surface area contributed by atoms with E-state index in [9.17, 15) is 0 Å². The lowest BCUT2D eigenvalue weighted by atomic mass is 10.2. The second-order valence-electron chi connectivity index (χ2n) is 4.22. The fourth-order valence-electron chi connectivity index (χ4n) is 1.70. The molecule has 2 rings (SSSR count). The van der Waals surface area contributed by atoms with Gasteiger partial charge in [-0.1, -0.05) is 6.07 Å². The quantitative estimate of drug-likeness (QED) is 0.774. The number of hydrogen-bond acceptors (Lipinski definition) is 3. The van der Waals surface area contributed by atoms with Gasteiger partial charge in [0.2, 0.25) is 0 Å². The lowest BCUT2D eigenvalue weighted by Gasteiger charge is -2.04. The molecule has 4 heteroatoms. The van der Waals surface area contributed by atoms with Gasteiger partial charge in [0.1, 0.15) is 11.4 Å². The van der Waals surface area contributed by atoms with Crippen LogP contribution in [0.15, 0.2) is 35.7 Å². The highest BCUT2D eigenvalue weighted by molar-refractivity contribution is 5.68. The molecule has 0 radical (unpaired) electrons. The lowest BCUT2D eigenvalue weighted by Crippen LogP contribution is -1.88. The van der Waals surface area contributed by atoms with Crippen LogP contribution in [0.25, 0.3) is 0 Å². The van der Waals surface area contributed by atoms with E-state index in [1.165, 1.54) is 0 Å². The average molecular weight is 243 g/mol. The third-order valence-corrected chi connectivity index (χ3v) is 2.62. The largest absolute Gasteiger partial charge is 0.494 e. The van der Waals surface area contributed by atoms with Gasteiger partial charge < -0.3 is 9.30 Å². The van der Waals surface area contributed by atoms with Crippen LogP contribution in [-0.4, -0.2) is 22.9 Å². The zero-order valence-electron chi connectivity index (χ0n) is 10.9. The molecule has 1 aromatic carbocycles. The van der Waals surface area contributed by atoms with Gasteiger partial charge in [-0.05, 0) is 24.6 Å². The second-order valence-corrected chi connectivity index (χ2v) is 4.22. The minimum atomic E-state index is 0.720. The SMILES string of the molecule is COc1cc(C)ccc1N=CCc1cn(C)cn1. The minimum Gasteiger partial charge on any atom is -0.494 e. The molecule has 0 saturated carbocycles. The van der Waals surface area contributed by atoms with E-state index in [4.69, 9.17) is 4.74 Å². The molecule has 0 amide bonds. The summed E-state index contributed by atoms with van der Waals surface area (Å²) in [6.07, 6.45) is 6.35.